The van der Waals surface area contributed by atoms with E-state index < -0.39 is 0 Å². The highest BCUT2D eigenvalue weighted by molar-refractivity contribution is 7.71. The lowest BCUT2D eigenvalue weighted by Gasteiger charge is -2.09. The van der Waals surface area contributed by atoms with Crippen LogP contribution in [0.15, 0.2) is 24.4 Å². The molecular weight excluding hydrogens is 284 g/mol. The second-order valence-electron chi connectivity index (χ2n) is 4.85. The molecule has 0 fully saturated rings. The summed E-state index contributed by atoms with van der Waals surface area (Å²) in [5.74, 6) is 0.544. The number of rotatable bonds is 3. The van der Waals surface area contributed by atoms with Crippen molar-refractivity contribution in [1.29, 1.82) is 0 Å². The fourth-order valence-electron chi connectivity index (χ4n) is 2.17. The molecule has 0 bridgehead atoms. The van der Waals surface area contributed by atoms with Gasteiger partial charge in [-0.05, 0) is 43.2 Å². The number of nitrogens with zero attached hydrogens (tertiary/aromatic N) is 5. The number of hydrogen-bond acceptors (Lipinski definition) is 4. The molecule has 3 rings (SSSR count). The maximum absolute atomic E-state index is 5.55. The predicted octanol–water partition coefficient (Wildman–Crippen LogP) is 2.83. The van der Waals surface area contributed by atoms with E-state index in [2.05, 4.69) is 40.4 Å². The molecule has 1 aromatic carbocycles. The number of H-pyrrole nitrogens is 1. The quantitative estimate of drug-likeness (QED) is 0.755. The highest BCUT2D eigenvalue weighted by Crippen LogP contribution is 2.22. The molecule has 7 heteroatoms. The topological polar surface area (TPSA) is 64.3 Å². The van der Waals surface area contributed by atoms with E-state index in [4.69, 9.17) is 12.2 Å². The van der Waals surface area contributed by atoms with Gasteiger partial charge in [-0.3, -0.25) is 5.10 Å². The first-order chi connectivity index (χ1) is 10.1. The number of aromatic nitrogens is 6. The SMILES string of the molecule is CCn1nnc(-c2c[nH]n(-c3cccc(C)c3C)c2=S)n1. The van der Waals surface area contributed by atoms with Crippen molar-refractivity contribution < 1.29 is 0 Å². The van der Waals surface area contributed by atoms with E-state index in [-0.39, 0.29) is 0 Å². The van der Waals surface area contributed by atoms with Crippen molar-refractivity contribution in [3.05, 3.63) is 40.2 Å². The third kappa shape index (κ3) is 2.29. The van der Waals surface area contributed by atoms with Gasteiger partial charge in [0.1, 0.15) is 4.64 Å². The first-order valence-electron chi connectivity index (χ1n) is 6.77. The third-order valence-electron chi connectivity index (χ3n) is 3.57. The van der Waals surface area contributed by atoms with E-state index in [1.54, 1.807) is 4.80 Å². The van der Waals surface area contributed by atoms with Gasteiger partial charge in [0, 0.05) is 6.20 Å². The summed E-state index contributed by atoms with van der Waals surface area (Å²) in [5.41, 5.74) is 4.23. The van der Waals surface area contributed by atoms with Crippen molar-refractivity contribution in [2.45, 2.75) is 27.3 Å². The van der Waals surface area contributed by atoms with Crippen molar-refractivity contribution >= 4 is 12.2 Å². The fourth-order valence-corrected chi connectivity index (χ4v) is 2.47. The lowest BCUT2D eigenvalue weighted by atomic mass is 10.1. The Bertz CT molecular complexity index is 841. The molecule has 3 aromatic rings. The summed E-state index contributed by atoms with van der Waals surface area (Å²) in [6.45, 7) is 6.81. The number of hydrogen-bond donors (Lipinski definition) is 1. The molecule has 0 amide bonds. The van der Waals surface area contributed by atoms with Gasteiger partial charge in [-0.25, -0.2) is 4.68 Å². The molecule has 0 aliphatic carbocycles. The van der Waals surface area contributed by atoms with Gasteiger partial charge < -0.3 is 0 Å². The Morgan fingerprint density at radius 2 is 2.10 bits per heavy atom. The zero-order valence-electron chi connectivity index (χ0n) is 12.2. The number of benzene rings is 1. The van der Waals surface area contributed by atoms with Crippen molar-refractivity contribution in [1.82, 2.24) is 30.0 Å². The van der Waals surface area contributed by atoms with Crippen LogP contribution in [0.2, 0.25) is 0 Å². The van der Waals surface area contributed by atoms with Crippen LogP contribution >= 0.6 is 12.2 Å². The van der Waals surface area contributed by atoms with Crippen LogP contribution in [0.5, 0.6) is 0 Å². The predicted molar refractivity (Wildman–Crippen MR) is 82.9 cm³/mol. The highest BCUT2D eigenvalue weighted by atomic mass is 32.1. The maximum Gasteiger partial charge on any atom is 0.209 e. The Hall–Kier alpha value is -2.28. The van der Waals surface area contributed by atoms with Crippen LogP contribution in [0, 0.1) is 18.5 Å². The van der Waals surface area contributed by atoms with Gasteiger partial charge in [-0.15, -0.1) is 10.2 Å². The number of nitrogens with one attached hydrogen (secondary N) is 1. The molecule has 0 spiro atoms. The van der Waals surface area contributed by atoms with E-state index in [1.165, 1.54) is 11.1 Å². The average molecular weight is 300 g/mol. The lowest BCUT2D eigenvalue weighted by Crippen LogP contribution is -2.00. The molecule has 108 valence electrons. The Labute approximate surface area is 127 Å². The lowest BCUT2D eigenvalue weighted by molar-refractivity contribution is 0.553. The summed E-state index contributed by atoms with van der Waals surface area (Å²) < 4.78 is 2.53. The minimum Gasteiger partial charge on any atom is -0.299 e. The van der Waals surface area contributed by atoms with Crippen LogP contribution in [0.4, 0.5) is 0 Å². The zero-order chi connectivity index (χ0) is 15.0. The van der Waals surface area contributed by atoms with Crippen LogP contribution < -0.4 is 0 Å². The molecule has 2 aromatic heterocycles. The summed E-state index contributed by atoms with van der Waals surface area (Å²) >= 11 is 5.55. The minimum atomic E-state index is 0.544. The average Bonchev–Trinajstić information content (AvgIpc) is 3.08. The van der Waals surface area contributed by atoms with Crippen molar-refractivity contribution in [3.63, 3.8) is 0 Å². The minimum absolute atomic E-state index is 0.544. The Morgan fingerprint density at radius 1 is 1.29 bits per heavy atom. The van der Waals surface area contributed by atoms with Crippen LogP contribution in [0.1, 0.15) is 18.1 Å². The monoisotopic (exact) mass is 300 g/mol. The fraction of sp³-hybridized carbons (Fsp3) is 0.286. The summed E-state index contributed by atoms with van der Waals surface area (Å²) in [5, 5.41) is 15.5. The molecule has 2 heterocycles. The van der Waals surface area contributed by atoms with Gasteiger partial charge >= 0.3 is 0 Å². The van der Waals surface area contributed by atoms with Gasteiger partial charge in [-0.1, -0.05) is 24.4 Å². The van der Waals surface area contributed by atoms with Gasteiger partial charge in [0.05, 0.1) is 17.8 Å². The first kappa shape index (κ1) is 13.7. The molecule has 1 N–H and O–H groups in total. The van der Waals surface area contributed by atoms with Crippen molar-refractivity contribution in [3.8, 4) is 17.1 Å². The van der Waals surface area contributed by atoms with Gasteiger partial charge in [0.15, 0.2) is 0 Å². The summed E-state index contributed by atoms with van der Waals surface area (Å²) in [7, 11) is 0. The third-order valence-corrected chi connectivity index (χ3v) is 3.97. The molecule has 0 aliphatic heterocycles. The van der Waals surface area contributed by atoms with E-state index in [0.29, 0.717) is 17.0 Å². The molecule has 0 radical (unpaired) electrons. The molecule has 0 aliphatic rings. The molecular formula is C14H16N6S. The van der Waals surface area contributed by atoms with Crippen molar-refractivity contribution in [2.75, 3.05) is 0 Å². The Balaban J connectivity index is 2.11. The Morgan fingerprint density at radius 3 is 2.81 bits per heavy atom. The molecule has 0 atom stereocenters. The molecule has 0 saturated heterocycles. The normalized spacial score (nSPS) is 11.0. The standard InChI is InChI=1S/C14H16N6S/c1-4-19-17-13(16-18-19)11-8-15-20(14(11)21)12-7-5-6-9(2)10(12)3/h5-8,15H,4H2,1-3H3. The second kappa shape index (κ2) is 5.25. The van der Waals surface area contributed by atoms with Gasteiger partial charge in [0.25, 0.3) is 0 Å². The van der Waals surface area contributed by atoms with E-state index in [1.807, 2.05) is 29.9 Å². The second-order valence-corrected chi connectivity index (χ2v) is 5.23. The number of aromatic amines is 1. The van der Waals surface area contributed by atoms with Crippen LogP contribution in [0.3, 0.4) is 0 Å². The largest absolute Gasteiger partial charge is 0.299 e. The van der Waals surface area contributed by atoms with Crippen LogP contribution in [-0.4, -0.2) is 30.0 Å². The molecule has 0 saturated carbocycles. The number of tetrazole rings is 1. The molecule has 21 heavy (non-hydrogen) atoms. The molecule has 6 nitrogen and oxygen atoms in total. The summed E-state index contributed by atoms with van der Waals surface area (Å²) in [6.07, 6.45) is 1.82. The van der Waals surface area contributed by atoms with Crippen molar-refractivity contribution in [2.24, 2.45) is 0 Å². The van der Waals surface area contributed by atoms with Crippen LogP contribution in [0.25, 0.3) is 17.1 Å². The smallest absolute Gasteiger partial charge is 0.209 e. The first-order valence-corrected chi connectivity index (χ1v) is 7.18. The zero-order valence-corrected chi connectivity index (χ0v) is 13.0. The van der Waals surface area contributed by atoms with E-state index in [0.717, 1.165) is 11.3 Å². The van der Waals surface area contributed by atoms with E-state index in [9.17, 15) is 0 Å². The van der Waals surface area contributed by atoms with Crippen LogP contribution in [-0.2, 0) is 6.54 Å². The summed E-state index contributed by atoms with van der Waals surface area (Å²) in [6, 6.07) is 6.14. The van der Waals surface area contributed by atoms with Gasteiger partial charge in [0.2, 0.25) is 5.82 Å². The maximum atomic E-state index is 5.55. The van der Waals surface area contributed by atoms with E-state index >= 15 is 0 Å². The number of aryl methyl sites for hydroxylation is 2. The summed E-state index contributed by atoms with van der Waals surface area (Å²) in [4.78, 5) is 1.54. The Kier molecular flexibility index (Phi) is 3.42. The highest BCUT2D eigenvalue weighted by Gasteiger charge is 2.13. The molecule has 0 unspecified atom stereocenters. The van der Waals surface area contributed by atoms with Gasteiger partial charge in [-0.2, -0.15) is 4.80 Å².